The maximum absolute atomic E-state index is 12.9. The van der Waals surface area contributed by atoms with Gasteiger partial charge in [0.2, 0.25) is 5.91 Å². The third-order valence-corrected chi connectivity index (χ3v) is 5.57. The molecule has 0 aromatic carbocycles. The minimum Gasteiger partial charge on any atom is -0.356 e. The van der Waals surface area contributed by atoms with Gasteiger partial charge in [0.25, 0.3) is 5.91 Å². The number of nitrogens with zero attached hydrogens (tertiary/aromatic N) is 4. The Kier molecular flexibility index (Phi) is 4.17. The summed E-state index contributed by atoms with van der Waals surface area (Å²) in [6, 6.07) is 1.89. The van der Waals surface area contributed by atoms with Crippen molar-refractivity contribution in [1.82, 2.24) is 25.0 Å². The van der Waals surface area contributed by atoms with E-state index >= 15 is 0 Å². The van der Waals surface area contributed by atoms with Crippen molar-refractivity contribution < 1.29 is 9.59 Å². The van der Waals surface area contributed by atoms with Gasteiger partial charge in [0.05, 0.1) is 11.8 Å². The number of pyridine rings is 1. The highest BCUT2D eigenvalue weighted by molar-refractivity contribution is 5.97. The molecule has 138 valence electrons. The van der Waals surface area contributed by atoms with Crippen LogP contribution in [-0.4, -0.2) is 51.1 Å². The zero-order valence-electron chi connectivity index (χ0n) is 15.4. The summed E-state index contributed by atoms with van der Waals surface area (Å²) in [5.74, 6) is 0.639. The lowest BCUT2D eigenvalue weighted by atomic mass is 9.77. The van der Waals surface area contributed by atoms with Crippen LogP contribution in [0, 0.1) is 11.3 Å². The molecule has 0 unspecified atom stereocenters. The van der Waals surface area contributed by atoms with Gasteiger partial charge in [0, 0.05) is 44.2 Å². The van der Waals surface area contributed by atoms with Gasteiger partial charge >= 0.3 is 0 Å². The first-order valence-corrected chi connectivity index (χ1v) is 9.33. The third kappa shape index (κ3) is 3.06. The SMILES string of the molecule is CC(C)Cn1ncc2cc(C(=O)N3CCC4(CC3)CNC(=O)C4)cnc21. The van der Waals surface area contributed by atoms with Gasteiger partial charge in [-0.25, -0.2) is 9.67 Å². The minimum atomic E-state index is 0.0168. The van der Waals surface area contributed by atoms with Crippen LogP contribution in [0.1, 0.15) is 43.5 Å². The number of carbonyl (C=O) groups is 2. The lowest BCUT2D eigenvalue weighted by Crippen LogP contribution is -2.44. The van der Waals surface area contributed by atoms with E-state index in [1.165, 1.54) is 0 Å². The second-order valence-electron chi connectivity index (χ2n) is 8.10. The Balaban J connectivity index is 1.47. The molecule has 7 heteroatoms. The Morgan fingerprint density at radius 2 is 2.08 bits per heavy atom. The van der Waals surface area contributed by atoms with Crippen LogP contribution in [0.4, 0.5) is 0 Å². The number of hydrogen-bond acceptors (Lipinski definition) is 4. The van der Waals surface area contributed by atoms with Gasteiger partial charge in [-0.15, -0.1) is 0 Å². The van der Waals surface area contributed by atoms with Crippen molar-refractivity contribution in [2.45, 2.75) is 39.7 Å². The molecule has 0 saturated carbocycles. The summed E-state index contributed by atoms with van der Waals surface area (Å²) in [7, 11) is 0. The van der Waals surface area contributed by atoms with Crippen LogP contribution in [0.25, 0.3) is 11.0 Å². The Bertz CT molecular complexity index is 849. The molecule has 4 heterocycles. The van der Waals surface area contributed by atoms with Crippen molar-refractivity contribution in [3.63, 3.8) is 0 Å². The molecule has 0 aliphatic carbocycles. The highest BCUT2D eigenvalue weighted by atomic mass is 16.2. The largest absolute Gasteiger partial charge is 0.356 e. The molecule has 2 aromatic heterocycles. The van der Waals surface area contributed by atoms with E-state index in [4.69, 9.17) is 0 Å². The standard InChI is InChI=1S/C19H25N5O2/c1-13(2)11-24-17-14(10-22-24)7-15(9-20-17)18(26)23-5-3-19(4-6-23)8-16(25)21-12-19/h7,9-10,13H,3-6,8,11-12H2,1-2H3,(H,21,25). The van der Waals surface area contributed by atoms with Gasteiger partial charge in [-0.1, -0.05) is 13.8 Å². The third-order valence-electron chi connectivity index (χ3n) is 5.57. The number of carbonyl (C=O) groups excluding carboxylic acids is 2. The molecule has 7 nitrogen and oxygen atoms in total. The first-order chi connectivity index (χ1) is 12.5. The molecule has 2 amide bonds. The molecule has 26 heavy (non-hydrogen) atoms. The maximum Gasteiger partial charge on any atom is 0.255 e. The zero-order valence-corrected chi connectivity index (χ0v) is 15.4. The predicted molar refractivity (Wildman–Crippen MR) is 97.6 cm³/mol. The monoisotopic (exact) mass is 355 g/mol. The van der Waals surface area contributed by atoms with Crippen molar-refractivity contribution in [3.8, 4) is 0 Å². The molecule has 1 spiro atoms. The molecule has 0 bridgehead atoms. The first-order valence-electron chi connectivity index (χ1n) is 9.33. The number of aromatic nitrogens is 3. The summed E-state index contributed by atoms with van der Waals surface area (Å²) < 4.78 is 1.89. The van der Waals surface area contributed by atoms with Gasteiger partial charge in [0.1, 0.15) is 0 Å². The molecular weight excluding hydrogens is 330 g/mol. The topological polar surface area (TPSA) is 80.1 Å². The summed E-state index contributed by atoms with van der Waals surface area (Å²) in [4.78, 5) is 30.8. The van der Waals surface area contributed by atoms with Crippen molar-refractivity contribution in [2.24, 2.45) is 11.3 Å². The van der Waals surface area contributed by atoms with Gasteiger partial charge < -0.3 is 10.2 Å². The average molecular weight is 355 g/mol. The summed E-state index contributed by atoms with van der Waals surface area (Å²) in [5.41, 5.74) is 1.48. The quantitative estimate of drug-likeness (QED) is 0.911. The normalized spacial score (nSPS) is 19.5. The van der Waals surface area contributed by atoms with Gasteiger partial charge in [0.15, 0.2) is 5.65 Å². The van der Waals surface area contributed by atoms with Crippen LogP contribution < -0.4 is 5.32 Å². The predicted octanol–water partition coefficient (Wildman–Crippen LogP) is 1.83. The summed E-state index contributed by atoms with van der Waals surface area (Å²) in [6.07, 6.45) is 5.78. The number of hydrogen-bond donors (Lipinski definition) is 1. The fourth-order valence-corrected chi connectivity index (χ4v) is 4.04. The van der Waals surface area contributed by atoms with Crippen LogP contribution in [0.3, 0.4) is 0 Å². The van der Waals surface area contributed by atoms with Crippen LogP contribution in [-0.2, 0) is 11.3 Å². The van der Waals surface area contributed by atoms with Gasteiger partial charge in [-0.3, -0.25) is 9.59 Å². The number of piperidine rings is 1. The number of amides is 2. The van der Waals surface area contributed by atoms with E-state index in [1.807, 2.05) is 15.6 Å². The van der Waals surface area contributed by atoms with E-state index in [1.54, 1.807) is 12.4 Å². The van der Waals surface area contributed by atoms with Gasteiger partial charge in [-0.2, -0.15) is 5.10 Å². The number of likely N-dealkylation sites (tertiary alicyclic amines) is 1. The van der Waals surface area contributed by atoms with Crippen LogP contribution in [0.15, 0.2) is 18.5 Å². The van der Waals surface area contributed by atoms with Crippen LogP contribution in [0.2, 0.25) is 0 Å². The molecule has 4 rings (SSSR count). The number of nitrogens with one attached hydrogen (secondary N) is 1. The van der Waals surface area contributed by atoms with E-state index in [9.17, 15) is 9.59 Å². The van der Waals surface area contributed by atoms with E-state index in [0.29, 0.717) is 31.0 Å². The highest BCUT2D eigenvalue weighted by Crippen LogP contribution is 2.37. The molecule has 2 aliphatic rings. The number of rotatable bonds is 3. The summed E-state index contributed by atoms with van der Waals surface area (Å²) in [6.45, 7) is 7.22. The lowest BCUT2D eigenvalue weighted by molar-refractivity contribution is -0.119. The van der Waals surface area contributed by atoms with Crippen molar-refractivity contribution in [2.75, 3.05) is 19.6 Å². The van der Waals surface area contributed by atoms with Crippen LogP contribution in [0.5, 0.6) is 0 Å². The molecule has 0 radical (unpaired) electrons. The lowest BCUT2D eigenvalue weighted by Gasteiger charge is -2.38. The molecule has 0 atom stereocenters. The van der Waals surface area contributed by atoms with E-state index < -0.39 is 0 Å². The van der Waals surface area contributed by atoms with E-state index in [0.717, 1.165) is 37.0 Å². The first kappa shape index (κ1) is 17.0. The summed E-state index contributed by atoms with van der Waals surface area (Å²) >= 11 is 0. The highest BCUT2D eigenvalue weighted by Gasteiger charge is 2.41. The molecule has 2 aliphatic heterocycles. The van der Waals surface area contributed by atoms with E-state index in [-0.39, 0.29) is 17.2 Å². The number of fused-ring (bicyclic) bond motifs is 1. The van der Waals surface area contributed by atoms with Crippen LogP contribution >= 0.6 is 0 Å². The Labute approximate surface area is 152 Å². The zero-order chi connectivity index (χ0) is 18.3. The smallest absolute Gasteiger partial charge is 0.255 e. The second kappa shape index (κ2) is 6.37. The summed E-state index contributed by atoms with van der Waals surface area (Å²) in [5, 5.41) is 8.22. The van der Waals surface area contributed by atoms with Crippen molar-refractivity contribution in [1.29, 1.82) is 0 Å². The van der Waals surface area contributed by atoms with Crippen molar-refractivity contribution >= 4 is 22.8 Å². The molecule has 2 aromatic rings. The van der Waals surface area contributed by atoms with E-state index in [2.05, 4.69) is 29.2 Å². The molecule has 2 fully saturated rings. The fraction of sp³-hybridized carbons (Fsp3) is 0.579. The minimum absolute atomic E-state index is 0.0168. The second-order valence-corrected chi connectivity index (χ2v) is 8.10. The fourth-order valence-electron chi connectivity index (χ4n) is 4.04. The Morgan fingerprint density at radius 1 is 1.31 bits per heavy atom. The van der Waals surface area contributed by atoms with Crippen molar-refractivity contribution in [3.05, 3.63) is 24.0 Å². The molecule has 2 saturated heterocycles. The molecule has 1 N–H and O–H groups in total. The van der Waals surface area contributed by atoms with Gasteiger partial charge in [-0.05, 0) is 30.2 Å². The Morgan fingerprint density at radius 3 is 2.73 bits per heavy atom. The maximum atomic E-state index is 12.9. The molecular formula is C19H25N5O2. The Hall–Kier alpha value is -2.44. The average Bonchev–Trinajstić information content (AvgIpc) is 3.18.